The Morgan fingerprint density at radius 2 is 1.87 bits per heavy atom. The number of benzene rings is 1. The van der Waals surface area contributed by atoms with Crippen molar-refractivity contribution in [1.29, 1.82) is 0 Å². The van der Waals surface area contributed by atoms with Crippen molar-refractivity contribution < 1.29 is 14.4 Å². The number of thiazole rings is 1. The highest BCUT2D eigenvalue weighted by Gasteiger charge is 2.41. The van der Waals surface area contributed by atoms with Crippen molar-refractivity contribution in [2.45, 2.75) is 52.5 Å². The summed E-state index contributed by atoms with van der Waals surface area (Å²) in [6.07, 6.45) is 1.55. The number of piperidine rings is 1. The number of rotatable bonds is 3. The maximum Gasteiger partial charge on any atom is 0.229 e. The predicted octanol–water partition coefficient (Wildman–Crippen LogP) is 3.43. The first kappa shape index (κ1) is 21.7. The van der Waals surface area contributed by atoms with Gasteiger partial charge < -0.3 is 15.1 Å². The summed E-state index contributed by atoms with van der Waals surface area (Å²) in [6.45, 7) is 9.61. The number of anilines is 1. The van der Waals surface area contributed by atoms with Gasteiger partial charge in [0.2, 0.25) is 17.7 Å². The molecule has 31 heavy (non-hydrogen) atoms. The molecule has 0 spiro atoms. The van der Waals surface area contributed by atoms with Crippen LogP contribution in [0.1, 0.15) is 45.6 Å². The van der Waals surface area contributed by atoms with E-state index >= 15 is 0 Å². The number of carbonyl (C=O) groups excluding carboxylic acids is 3. The van der Waals surface area contributed by atoms with Crippen LogP contribution < -0.4 is 5.32 Å². The zero-order valence-electron chi connectivity index (χ0n) is 18.6. The molecule has 3 heterocycles. The molecule has 2 aliphatic heterocycles. The molecule has 8 heteroatoms. The fourth-order valence-electron chi connectivity index (χ4n) is 4.43. The number of likely N-dealkylation sites (tertiary alicyclic amines) is 2. The summed E-state index contributed by atoms with van der Waals surface area (Å²) in [4.78, 5) is 46.1. The van der Waals surface area contributed by atoms with Crippen molar-refractivity contribution in [2.24, 2.45) is 11.8 Å². The second-order valence-electron chi connectivity index (χ2n) is 9.66. The van der Waals surface area contributed by atoms with Crippen LogP contribution in [0.25, 0.3) is 10.2 Å². The first-order valence-electron chi connectivity index (χ1n) is 10.9. The second-order valence-corrected chi connectivity index (χ2v) is 10.7. The van der Waals surface area contributed by atoms with Crippen molar-refractivity contribution in [2.75, 3.05) is 25.0 Å². The fourth-order valence-corrected chi connectivity index (χ4v) is 5.40. The lowest BCUT2D eigenvalue weighted by atomic mass is 9.94. The van der Waals surface area contributed by atoms with Crippen LogP contribution in [0.5, 0.6) is 0 Å². The summed E-state index contributed by atoms with van der Waals surface area (Å²) < 4.78 is 1.06. The summed E-state index contributed by atoms with van der Waals surface area (Å²) in [5.74, 6) is -0.345. The minimum atomic E-state index is -0.275. The molecule has 1 aromatic carbocycles. The molecule has 1 N–H and O–H groups in total. The molecule has 0 saturated carbocycles. The number of amides is 3. The maximum absolute atomic E-state index is 13.0. The van der Waals surface area contributed by atoms with Crippen LogP contribution in [0.3, 0.4) is 0 Å². The third kappa shape index (κ3) is 4.59. The Balaban J connectivity index is 1.31. The molecule has 2 saturated heterocycles. The largest absolute Gasteiger partial charge is 0.342 e. The highest BCUT2D eigenvalue weighted by molar-refractivity contribution is 7.22. The molecular formula is C23H30N4O3S. The van der Waals surface area contributed by atoms with Gasteiger partial charge in [-0.3, -0.25) is 14.4 Å². The molecule has 1 aromatic heterocycles. The van der Waals surface area contributed by atoms with Crippen molar-refractivity contribution in [1.82, 2.24) is 14.8 Å². The van der Waals surface area contributed by atoms with E-state index in [0.717, 1.165) is 10.2 Å². The number of carbonyl (C=O) groups is 3. The number of fused-ring (bicyclic) bond motifs is 1. The third-order valence-corrected chi connectivity index (χ3v) is 7.17. The van der Waals surface area contributed by atoms with Gasteiger partial charge in [0.05, 0.1) is 16.1 Å². The molecule has 2 aliphatic rings. The Kier molecular flexibility index (Phi) is 5.77. The summed E-state index contributed by atoms with van der Waals surface area (Å²) in [5, 5.41) is 3.58. The molecule has 2 aromatic rings. The highest BCUT2D eigenvalue weighted by atomic mass is 32.1. The van der Waals surface area contributed by atoms with Crippen molar-refractivity contribution >= 4 is 44.4 Å². The smallest absolute Gasteiger partial charge is 0.229 e. The Morgan fingerprint density at radius 3 is 2.52 bits per heavy atom. The standard InChI is InChI=1S/C23H30N4O3S/c1-14-5-6-17-18(11-14)31-22(24-17)25-20(29)15-7-9-26(10-8-15)21(30)16-12-19(28)27(13-16)23(2,3)4/h5-6,11,15-16H,7-10,12-13H2,1-4H3,(H,24,25,29). The Hall–Kier alpha value is -2.48. The van der Waals surface area contributed by atoms with Crippen LogP contribution in [0.2, 0.25) is 0 Å². The van der Waals surface area contributed by atoms with E-state index < -0.39 is 0 Å². The molecule has 0 bridgehead atoms. The van der Waals surface area contributed by atoms with E-state index in [0.29, 0.717) is 37.6 Å². The number of aromatic nitrogens is 1. The molecule has 2 fully saturated rings. The molecule has 7 nitrogen and oxygen atoms in total. The van der Waals surface area contributed by atoms with Gasteiger partial charge >= 0.3 is 0 Å². The van der Waals surface area contributed by atoms with E-state index in [9.17, 15) is 14.4 Å². The third-order valence-electron chi connectivity index (χ3n) is 6.24. The molecule has 1 atom stereocenters. The predicted molar refractivity (Wildman–Crippen MR) is 122 cm³/mol. The molecule has 0 radical (unpaired) electrons. The van der Waals surface area contributed by atoms with Gasteiger partial charge in [0.1, 0.15) is 0 Å². The lowest BCUT2D eigenvalue weighted by molar-refractivity contribution is -0.138. The summed E-state index contributed by atoms with van der Waals surface area (Å²) in [5.41, 5.74) is 1.79. The van der Waals surface area contributed by atoms with E-state index in [1.165, 1.54) is 16.9 Å². The van der Waals surface area contributed by atoms with Crippen LogP contribution in [0.15, 0.2) is 18.2 Å². The van der Waals surface area contributed by atoms with E-state index in [-0.39, 0.29) is 41.5 Å². The first-order chi connectivity index (χ1) is 14.6. The van der Waals surface area contributed by atoms with Gasteiger partial charge in [-0.05, 0) is 58.2 Å². The van der Waals surface area contributed by atoms with Crippen LogP contribution in [0, 0.1) is 18.8 Å². The van der Waals surface area contributed by atoms with Gasteiger partial charge in [-0.15, -0.1) is 0 Å². The minimum Gasteiger partial charge on any atom is -0.342 e. The zero-order valence-corrected chi connectivity index (χ0v) is 19.4. The summed E-state index contributed by atoms with van der Waals surface area (Å²) >= 11 is 1.48. The minimum absolute atomic E-state index is 0.0298. The number of nitrogens with zero attached hydrogens (tertiary/aromatic N) is 3. The van der Waals surface area contributed by atoms with Gasteiger partial charge in [0, 0.05) is 37.5 Å². The van der Waals surface area contributed by atoms with Crippen molar-refractivity contribution in [3.05, 3.63) is 23.8 Å². The number of hydrogen-bond donors (Lipinski definition) is 1. The highest BCUT2D eigenvalue weighted by Crippen LogP contribution is 2.30. The average molecular weight is 443 g/mol. The topological polar surface area (TPSA) is 82.6 Å². The number of hydrogen-bond acceptors (Lipinski definition) is 5. The van der Waals surface area contributed by atoms with Gasteiger partial charge in [-0.2, -0.15) is 0 Å². The van der Waals surface area contributed by atoms with Gasteiger partial charge in [-0.25, -0.2) is 4.98 Å². The van der Waals surface area contributed by atoms with E-state index in [1.54, 1.807) is 4.90 Å². The lowest BCUT2D eigenvalue weighted by Gasteiger charge is -2.34. The van der Waals surface area contributed by atoms with E-state index in [2.05, 4.69) is 16.4 Å². The summed E-state index contributed by atoms with van der Waals surface area (Å²) in [7, 11) is 0. The molecule has 0 aliphatic carbocycles. The Bertz CT molecular complexity index is 1020. The number of nitrogens with one attached hydrogen (secondary N) is 1. The van der Waals surface area contributed by atoms with Gasteiger partial charge in [0.15, 0.2) is 5.13 Å². The van der Waals surface area contributed by atoms with Crippen LogP contribution in [-0.2, 0) is 14.4 Å². The molecular weight excluding hydrogens is 412 g/mol. The Morgan fingerprint density at radius 1 is 1.16 bits per heavy atom. The SMILES string of the molecule is Cc1ccc2nc(NC(=O)C3CCN(C(=O)C4CC(=O)N(C(C)(C)C)C4)CC3)sc2c1. The zero-order chi connectivity index (χ0) is 22.3. The van der Waals surface area contributed by atoms with Gasteiger partial charge in [-0.1, -0.05) is 17.4 Å². The number of aryl methyl sites for hydroxylation is 1. The molecule has 166 valence electrons. The monoisotopic (exact) mass is 442 g/mol. The second kappa shape index (κ2) is 8.22. The van der Waals surface area contributed by atoms with Crippen LogP contribution in [-0.4, -0.2) is 57.7 Å². The molecule has 4 rings (SSSR count). The van der Waals surface area contributed by atoms with Crippen LogP contribution in [0.4, 0.5) is 5.13 Å². The first-order valence-corrected chi connectivity index (χ1v) is 11.7. The quantitative estimate of drug-likeness (QED) is 0.790. The fraction of sp³-hybridized carbons (Fsp3) is 0.565. The Labute approximate surface area is 186 Å². The van der Waals surface area contributed by atoms with Crippen molar-refractivity contribution in [3.63, 3.8) is 0 Å². The average Bonchev–Trinajstić information content (AvgIpc) is 3.29. The normalized spacial score (nSPS) is 20.5. The van der Waals surface area contributed by atoms with E-state index in [4.69, 9.17) is 0 Å². The maximum atomic E-state index is 13.0. The molecule has 1 unspecified atom stereocenters. The molecule has 3 amide bonds. The van der Waals surface area contributed by atoms with E-state index in [1.807, 2.05) is 44.7 Å². The lowest BCUT2D eigenvalue weighted by Crippen LogP contribution is -2.46. The van der Waals surface area contributed by atoms with Gasteiger partial charge in [0.25, 0.3) is 0 Å². The van der Waals surface area contributed by atoms with Crippen molar-refractivity contribution in [3.8, 4) is 0 Å². The summed E-state index contributed by atoms with van der Waals surface area (Å²) in [6, 6.07) is 6.05. The van der Waals surface area contributed by atoms with Crippen LogP contribution >= 0.6 is 11.3 Å².